The van der Waals surface area contributed by atoms with Crippen LogP contribution in [0.2, 0.25) is 0 Å². The van der Waals surface area contributed by atoms with Gasteiger partial charge in [0.15, 0.2) is 0 Å². The van der Waals surface area contributed by atoms with Gasteiger partial charge in [0, 0.05) is 28.2 Å². The summed E-state index contributed by atoms with van der Waals surface area (Å²) >= 11 is 0. The second kappa shape index (κ2) is 2.82. The van der Waals surface area contributed by atoms with Crippen molar-refractivity contribution in [3.05, 3.63) is 6.20 Å². The largest absolute Gasteiger partial charge is 0.363 e. The Hall–Kier alpha value is -1.19. The van der Waals surface area contributed by atoms with E-state index in [1.54, 1.807) is 0 Å². The summed E-state index contributed by atoms with van der Waals surface area (Å²) in [6.07, 6.45) is 1.81. The van der Waals surface area contributed by atoms with Gasteiger partial charge in [0.25, 0.3) is 0 Å². The summed E-state index contributed by atoms with van der Waals surface area (Å²) in [7, 11) is 7.87. The van der Waals surface area contributed by atoms with Crippen molar-refractivity contribution in [3.63, 3.8) is 0 Å². The molecular weight excluding hydrogens is 140 g/mol. The van der Waals surface area contributed by atoms with Crippen LogP contribution in [0.25, 0.3) is 0 Å². The summed E-state index contributed by atoms with van der Waals surface area (Å²) < 4.78 is 0. The predicted octanol–water partition coefficient (Wildman–Crippen LogP) is 0.542. The molecule has 1 rings (SSSR count). The molecule has 1 aromatic rings. The molecule has 0 spiro atoms. The first-order chi connectivity index (χ1) is 5.11. The lowest BCUT2D eigenvalue weighted by molar-refractivity contribution is 1.02. The topological polar surface area (TPSA) is 35.2 Å². The summed E-state index contributed by atoms with van der Waals surface area (Å²) in [6.45, 7) is 0. The minimum Gasteiger partial charge on any atom is -0.363 e. The van der Waals surface area contributed by atoms with Crippen LogP contribution < -0.4 is 9.80 Å². The zero-order chi connectivity index (χ0) is 8.43. The number of aromatic amines is 1. The lowest BCUT2D eigenvalue weighted by Gasteiger charge is -2.09. The fourth-order valence-electron chi connectivity index (χ4n) is 0.756. The van der Waals surface area contributed by atoms with Gasteiger partial charge in [-0.15, -0.1) is 0 Å². The first-order valence-electron chi connectivity index (χ1n) is 3.51. The second-order valence-electron chi connectivity index (χ2n) is 2.88. The van der Waals surface area contributed by atoms with Crippen molar-refractivity contribution < 1.29 is 0 Å². The van der Waals surface area contributed by atoms with E-state index in [0.717, 1.165) is 11.8 Å². The maximum Gasteiger partial charge on any atom is 0.203 e. The fourth-order valence-corrected chi connectivity index (χ4v) is 0.756. The molecule has 4 nitrogen and oxygen atoms in total. The van der Waals surface area contributed by atoms with Crippen molar-refractivity contribution in [3.8, 4) is 0 Å². The number of anilines is 2. The average Bonchev–Trinajstić information content (AvgIpc) is 2.33. The van der Waals surface area contributed by atoms with E-state index in [1.807, 2.05) is 44.2 Å². The molecule has 0 amide bonds. The lowest BCUT2D eigenvalue weighted by atomic mass is 10.7. The van der Waals surface area contributed by atoms with E-state index in [2.05, 4.69) is 9.97 Å². The molecular formula is C7H14N4. The van der Waals surface area contributed by atoms with Crippen LogP contribution in [0.1, 0.15) is 0 Å². The third-order valence-corrected chi connectivity index (χ3v) is 1.45. The van der Waals surface area contributed by atoms with E-state index in [0.29, 0.717) is 0 Å². The molecule has 0 aliphatic carbocycles. The summed E-state index contributed by atoms with van der Waals surface area (Å²) in [4.78, 5) is 11.2. The average molecular weight is 154 g/mol. The highest BCUT2D eigenvalue weighted by atomic mass is 15.3. The molecule has 1 heterocycles. The number of hydrogen-bond acceptors (Lipinski definition) is 3. The Morgan fingerprint density at radius 2 is 1.82 bits per heavy atom. The number of imidazole rings is 1. The van der Waals surface area contributed by atoms with Gasteiger partial charge in [-0.2, -0.15) is 0 Å². The van der Waals surface area contributed by atoms with Crippen molar-refractivity contribution in [2.24, 2.45) is 0 Å². The van der Waals surface area contributed by atoms with E-state index in [4.69, 9.17) is 0 Å². The van der Waals surface area contributed by atoms with Crippen LogP contribution in [0.4, 0.5) is 11.8 Å². The Morgan fingerprint density at radius 3 is 2.09 bits per heavy atom. The second-order valence-corrected chi connectivity index (χ2v) is 2.88. The van der Waals surface area contributed by atoms with Crippen molar-refractivity contribution >= 4 is 11.8 Å². The Morgan fingerprint density at radius 1 is 1.18 bits per heavy atom. The molecule has 4 heteroatoms. The zero-order valence-electron chi connectivity index (χ0n) is 7.42. The van der Waals surface area contributed by atoms with E-state index in [-0.39, 0.29) is 0 Å². The normalized spacial score (nSPS) is 9.82. The summed E-state index contributed by atoms with van der Waals surface area (Å²) in [5, 5.41) is 0. The van der Waals surface area contributed by atoms with Crippen molar-refractivity contribution in [2.45, 2.75) is 0 Å². The van der Waals surface area contributed by atoms with Gasteiger partial charge in [-0.25, -0.2) is 4.98 Å². The zero-order valence-corrected chi connectivity index (χ0v) is 7.42. The van der Waals surface area contributed by atoms with Gasteiger partial charge in [-0.3, -0.25) is 0 Å². The first kappa shape index (κ1) is 7.91. The summed E-state index contributed by atoms with van der Waals surface area (Å²) in [5.41, 5.74) is 0. The standard InChI is InChI=1S/C7H14N4/c1-10(2)6-5-8-7(9-6)11(3)4/h5H,1-4H3,(H,8,9). The first-order valence-corrected chi connectivity index (χ1v) is 3.51. The molecule has 0 saturated carbocycles. The quantitative estimate of drug-likeness (QED) is 0.675. The Labute approximate surface area is 66.8 Å². The number of rotatable bonds is 2. The van der Waals surface area contributed by atoms with Crippen molar-refractivity contribution in [2.75, 3.05) is 38.0 Å². The molecule has 1 aromatic heterocycles. The molecule has 0 fully saturated rings. The van der Waals surface area contributed by atoms with Crippen LogP contribution in [-0.2, 0) is 0 Å². The molecule has 11 heavy (non-hydrogen) atoms. The molecule has 1 N–H and O–H groups in total. The van der Waals surface area contributed by atoms with Crippen LogP contribution in [0.15, 0.2) is 6.20 Å². The van der Waals surface area contributed by atoms with E-state index < -0.39 is 0 Å². The number of H-pyrrole nitrogens is 1. The number of aromatic nitrogens is 2. The minimum absolute atomic E-state index is 0.883. The fraction of sp³-hybridized carbons (Fsp3) is 0.571. The third-order valence-electron chi connectivity index (χ3n) is 1.45. The van der Waals surface area contributed by atoms with Gasteiger partial charge in [0.1, 0.15) is 5.82 Å². The van der Waals surface area contributed by atoms with Gasteiger partial charge in [-0.1, -0.05) is 0 Å². The van der Waals surface area contributed by atoms with Crippen LogP contribution in [0.5, 0.6) is 0 Å². The van der Waals surface area contributed by atoms with Gasteiger partial charge in [0.2, 0.25) is 5.95 Å². The Bertz CT molecular complexity index is 204. The van der Waals surface area contributed by atoms with Crippen LogP contribution in [-0.4, -0.2) is 38.2 Å². The molecule has 0 aliphatic heterocycles. The molecule has 0 atom stereocenters. The number of nitrogens with zero attached hydrogens (tertiary/aromatic N) is 3. The molecule has 62 valence electrons. The van der Waals surface area contributed by atoms with E-state index in [9.17, 15) is 0 Å². The molecule has 0 bridgehead atoms. The summed E-state index contributed by atoms with van der Waals surface area (Å²) in [6, 6.07) is 0. The van der Waals surface area contributed by atoms with E-state index >= 15 is 0 Å². The highest BCUT2D eigenvalue weighted by Gasteiger charge is 2.01. The molecule has 0 radical (unpaired) electrons. The third kappa shape index (κ3) is 1.63. The minimum atomic E-state index is 0.883. The summed E-state index contributed by atoms with van der Waals surface area (Å²) in [5.74, 6) is 1.91. The Balaban J connectivity index is 2.82. The van der Waals surface area contributed by atoms with Crippen LogP contribution >= 0.6 is 0 Å². The monoisotopic (exact) mass is 154 g/mol. The van der Waals surface area contributed by atoms with Gasteiger partial charge >= 0.3 is 0 Å². The van der Waals surface area contributed by atoms with Crippen LogP contribution in [0, 0.1) is 0 Å². The van der Waals surface area contributed by atoms with Gasteiger partial charge in [-0.05, 0) is 0 Å². The van der Waals surface area contributed by atoms with Crippen molar-refractivity contribution in [1.82, 2.24) is 9.97 Å². The predicted molar refractivity (Wildman–Crippen MR) is 47.2 cm³/mol. The number of hydrogen-bond donors (Lipinski definition) is 1. The maximum atomic E-state index is 4.17. The highest BCUT2D eigenvalue weighted by molar-refractivity contribution is 5.42. The molecule has 0 aliphatic rings. The smallest absolute Gasteiger partial charge is 0.203 e. The van der Waals surface area contributed by atoms with Gasteiger partial charge in [0.05, 0.1) is 6.20 Å². The number of nitrogens with one attached hydrogen (secondary N) is 1. The Kier molecular flexibility index (Phi) is 2.03. The van der Waals surface area contributed by atoms with Gasteiger partial charge < -0.3 is 14.8 Å². The lowest BCUT2D eigenvalue weighted by Crippen LogP contribution is -2.12. The maximum absolute atomic E-state index is 4.17. The molecule has 0 aromatic carbocycles. The van der Waals surface area contributed by atoms with Crippen LogP contribution in [0.3, 0.4) is 0 Å². The molecule has 0 saturated heterocycles. The highest BCUT2D eigenvalue weighted by Crippen LogP contribution is 2.11. The molecule has 0 unspecified atom stereocenters. The van der Waals surface area contributed by atoms with E-state index in [1.165, 1.54) is 0 Å². The van der Waals surface area contributed by atoms with Crippen molar-refractivity contribution in [1.29, 1.82) is 0 Å². The SMILES string of the molecule is CN(C)c1cnc(N(C)C)[nH]1.